The minimum atomic E-state index is -0.171. The van der Waals surface area contributed by atoms with Crippen LogP contribution in [0.3, 0.4) is 0 Å². The van der Waals surface area contributed by atoms with E-state index in [1.54, 1.807) is 24.1 Å². The van der Waals surface area contributed by atoms with E-state index in [9.17, 15) is 9.90 Å². The van der Waals surface area contributed by atoms with Crippen LogP contribution in [0, 0.1) is 0 Å². The van der Waals surface area contributed by atoms with Crippen LogP contribution in [0.5, 0.6) is 5.75 Å². The maximum Gasteiger partial charge on any atom is 0.257 e. The van der Waals surface area contributed by atoms with E-state index in [1.165, 1.54) is 6.07 Å². The number of nitrogens with zero attached hydrogens (tertiary/aromatic N) is 1. The Labute approximate surface area is 107 Å². The quantitative estimate of drug-likeness (QED) is 0.820. The highest BCUT2D eigenvalue weighted by Gasteiger charge is 2.15. The van der Waals surface area contributed by atoms with Gasteiger partial charge in [-0.3, -0.25) is 4.79 Å². The Balaban J connectivity index is 2.68. The van der Waals surface area contributed by atoms with Crippen LogP contribution in [0.15, 0.2) is 18.2 Å². The van der Waals surface area contributed by atoms with Gasteiger partial charge in [0.1, 0.15) is 5.75 Å². The molecule has 0 bridgehead atoms. The van der Waals surface area contributed by atoms with E-state index in [-0.39, 0.29) is 11.7 Å². The van der Waals surface area contributed by atoms with Gasteiger partial charge in [-0.05, 0) is 24.6 Å². The molecule has 0 aliphatic rings. The van der Waals surface area contributed by atoms with Gasteiger partial charge in [0.05, 0.1) is 5.56 Å². The number of unbranched alkanes of at least 4 members (excludes halogenated alkanes) is 2. The Morgan fingerprint density at radius 1 is 1.41 bits per heavy atom. The number of hydrogen-bond acceptors (Lipinski definition) is 2. The molecular formula is C13H18ClNO2. The zero-order chi connectivity index (χ0) is 12.8. The molecule has 1 N–H and O–H groups in total. The minimum absolute atomic E-state index is 0.0650. The van der Waals surface area contributed by atoms with Crippen molar-refractivity contribution in [1.82, 2.24) is 4.90 Å². The second kappa shape index (κ2) is 6.50. The Morgan fingerprint density at radius 3 is 2.71 bits per heavy atom. The molecular weight excluding hydrogens is 238 g/mol. The minimum Gasteiger partial charge on any atom is -0.507 e. The number of rotatable bonds is 5. The Morgan fingerprint density at radius 2 is 2.12 bits per heavy atom. The molecule has 4 heteroatoms. The molecule has 0 heterocycles. The number of phenolic OH excluding ortho intramolecular Hbond substituents is 1. The average Bonchev–Trinajstić information content (AvgIpc) is 2.28. The average molecular weight is 256 g/mol. The zero-order valence-electron chi connectivity index (χ0n) is 10.2. The number of aromatic hydroxyl groups is 1. The van der Waals surface area contributed by atoms with E-state index in [0.717, 1.165) is 19.3 Å². The summed E-state index contributed by atoms with van der Waals surface area (Å²) in [6, 6.07) is 4.54. The molecule has 17 heavy (non-hydrogen) atoms. The summed E-state index contributed by atoms with van der Waals surface area (Å²) in [5, 5.41) is 10.1. The number of carbonyl (C=O) groups excluding carboxylic acids is 1. The standard InChI is InChI=1S/C13H18ClNO2/c1-3-4-5-8-15(2)13(17)11-7-6-10(14)9-12(11)16/h6-7,9,16H,3-5,8H2,1-2H3. The third-order valence-corrected chi connectivity index (χ3v) is 2.87. The van der Waals surface area contributed by atoms with Crippen molar-refractivity contribution in [3.05, 3.63) is 28.8 Å². The lowest BCUT2D eigenvalue weighted by molar-refractivity contribution is 0.0789. The van der Waals surface area contributed by atoms with Crippen LogP contribution < -0.4 is 0 Å². The zero-order valence-corrected chi connectivity index (χ0v) is 11.0. The molecule has 94 valence electrons. The van der Waals surface area contributed by atoms with Crippen molar-refractivity contribution in [3.8, 4) is 5.75 Å². The number of amides is 1. The number of benzene rings is 1. The van der Waals surface area contributed by atoms with Gasteiger partial charge in [-0.2, -0.15) is 0 Å². The van der Waals surface area contributed by atoms with Crippen LogP contribution in [0.4, 0.5) is 0 Å². The first-order chi connectivity index (χ1) is 8.06. The predicted octanol–water partition coefficient (Wildman–Crippen LogP) is 3.31. The van der Waals surface area contributed by atoms with E-state index in [0.29, 0.717) is 17.1 Å². The van der Waals surface area contributed by atoms with E-state index < -0.39 is 0 Å². The maximum atomic E-state index is 12.0. The lowest BCUT2D eigenvalue weighted by atomic mass is 10.1. The molecule has 1 amide bonds. The summed E-state index contributed by atoms with van der Waals surface area (Å²) in [4.78, 5) is 13.6. The molecule has 0 saturated carbocycles. The molecule has 1 rings (SSSR count). The van der Waals surface area contributed by atoms with Crippen LogP contribution in [0.2, 0.25) is 5.02 Å². The molecule has 0 fully saturated rings. The van der Waals surface area contributed by atoms with Gasteiger partial charge in [0.2, 0.25) is 0 Å². The third-order valence-electron chi connectivity index (χ3n) is 2.63. The van der Waals surface area contributed by atoms with Crippen molar-refractivity contribution < 1.29 is 9.90 Å². The molecule has 0 radical (unpaired) electrons. The van der Waals surface area contributed by atoms with Gasteiger partial charge < -0.3 is 10.0 Å². The first kappa shape index (κ1) is 13.8. The fourth-order valence-corrected chi connectivity index (χ4v) is 1.76. The van der Waals surface area contributed by atoms with Crippen molar-refractivity contribution in [2.45, 2.75) is 26.2 Å². The lowest BCUT2D eigenvalue weighted by Crippen LogP contribution is -2.27. The molecule has 0 unspecified atom stereocenters. The highest BCUT2D eigenvalue weighted by Crippen LogP contribution is 2.23. The number of halogens is 1. The Hall–Kier alpha value is -1.22. The molecule has 0 aliphatic carbocycles. The van der Waals surface area contributed by atoms with Gasteiger partial charge in [-0.1, -0.05) is 31.4 Å². The summed E-state index contributed by atoms with van der Waals surface area (Å²) < 4.78 is 0. The second-order valence-corrected chi connectivity index (χ2v) is 4.53. The largest absolute Gasteiger partial charge is 0.507 e. The Kier molecular flexibility index (Phi) is 5.29. The number of carbonyl (C=O) groups is 1. The van der Waals surface area contributed by atoms with Crippen molar-refractivity contribution in [3.63, 3.8) is 0 Å². The highest BCUT2D eigenvalue weighted by atomic mass is 35.5. The van der Waals surface area contributed by atoms with E-state index >= 15 is 0 Å². The fourth-order valence-electron chi connectivity index (χ4n) is 1.59. The van der Waals surface area contributed by atoms with Crippen LogP contribution in [-0.4, -0.2) is 29.5 Å². The number of hydrogen-bond donors (Lipinski definition) is 1. The van der Waals surface area contributed by atoms with Crippen molar-refractivity contribution >= 4 is 17.5 Å². The molecule has 0 atom stereocenters. The van der Waals surface area contributed by atoms with Gasteiger partial charge in [-0.15, -0.1) is 0 Å². The molecule has 1 aromatic carbocycles. The SMILES string of the molecule is CCCCCN(C)C(=O)c1ccc(Cl)cc1O. The number of phenols is 1. The first-order valence-electron chi connectivity index (χ1n) is 5.80. The summed E-state index contributed by atoms with van der Waals surface area (Å²) in [6.45, 7) is 2.82. The summed E-state index contributed by atoms with van der Waals surface area (Å²) in [6.07, 6.45) is 3.20. The fraction of sp³-hybridized carbons (Fsp3) is 0.462. The van der Waals surface area contributed by atoms with Crippen LogP contribution in [0.25, 0.3) is 0 Å². The van der Waals surface area contributed by atoms with Crippen LogP contribution in [-0.2, 0) is 0 Å². The molecule has 0 aromatic heterocycles. The Bertz CT molecular complexity index is 393. The molecule has 1 aromatic rings. The van der Waals surface area contributed by atoms with Gasteiger partial charge in [0, 0.05) is 18.6 Å². The third kappa shape index (κ3) is 3.93. The van der Waals surface area contributed by atoms with E-state index in [4.69, 9.17) is 11.6 Å². The van der Waals surface area contributed by atoms with Gasteiger partial charge in [0.15, 0.2) is 0 Å². The molecule has 0 aliphatic heterocycles. The molecule has 0 saturated heterocycles. The van der Waals surface area contributed by atoms with Crippen molar-refractivity contribution in [2.24, 2.45) is 0 Å². The molecule has 0 spiro atoms. The van der Waals surface area contributed by atoms with Gasteiger partial charge in [-0.25, -0.2) is 0 Å². The first-order valence-corrected chi connectivity index (χ1v) is 6.18. The van der Waals surface area contributed by atoms with Crippen LogP contribution in [0.1, 0.15) is 36.5 Å². The van der Waals surface area contributed by atoms with Crippen molar-refractivity contribution in [1.29, 1.82) is 0 Å². The lowest BCUT2D eigenvalue weighted by Gasteiger charge is -2.17. The normalized spacial score (nSPS) is 10.3. The summed E-state index contributed by atoms with van der Waals surface area (Å²) >= 11 is 5.72. The second-order valence-electron chi connectivity index (χ2n) is 4.10. The monoisotopic (exact) mass is 255 g/mol. The smallest absolute Gasteiger partial charge is 0.257 e. The topological polar surface area (TPSA) is 40.5 Å². The predicted molar refractivity (Wildman–Crippen MR) is 69.6 cm³/mol. The summed E-state index contributed by atoms with van der Waals surface area (Å²) in [5.74, 6) is -0.236. The van der Waals surface area contributed by atoms with Gasteiger partial charge in [0.25, 0.3) is 5.91 Å². The van der Waals surface area contributed by atoms with Crippen molar-refractivity contribution in [2.75, 3.05) is 13.6 Å². The highest BCUT2D eigenvalue weighted by molar-refractivity contribution is 6.30. The van der Waals surface area contributed by atoms with Gasteiger partial charge >= 0.3 is 0 Å². The summed E-state index contributed by atoms with van der Waals surface area (Å²) in [7, 11) is 1.74. The molecule has 3 nitrogen and oxygen atoms in total. The van der Waals surface area contributed by atoms with E-state index in [1.807, 2.05) is 0 Å². The maximum absolute atomic E-state index is 12.0. The van der Waals surface area contributed by atoms with E-state index in [2.05, 4.69) is 6.92 Å². The van der Waals surface area contributed by atoms with Crippen LogP contribution >= 0.6 is 11.6 Å². The summed E-state index contributed by atoms with van der Waals surface area (Å²) in [5.41, 5.74) is 0.299.